The highest BCUT2D eigenvalue weighted by Crippen LogP contribution is 2.31. The summed E-state index contributed by atoms with van der Waals surface area (Å²) in [7, 11) is -2.55. The Hall–Kier alpha value is -3.33. The third-order valence-electron chi connectivity index (χ3n) is 4.32. The van der Waals surface area contributed by atoms with Crippen LogP contribution in [0.25, 0.3) is 0 Å². The number of hydrogen-bond donors (Lipinski definition) is 1. The summed E-state index contributed by atoms with van der Waals surface area (Å²) >= 11 is 0. The number of benzene rings is 3. The van der Waals surface area contributed by atoms with Gasteiger partial charge < -0.3 is 5.32 Å². The van der Waals surface area contributed by atoms with Crippen molar-refractivity contribution >= 4 is 27.3 Å². The molecule has 0 unspecified atom stereocenters. The number of para-hydroxylation sites is 1. The van der Waals surface area contributed by atoms with Gasteiger partial charge in [-0.1, -0.05) is 30.3 Å². The van der Waals surface area contributed by atoms with Crippen molar-refractivity contribution < 1.29 is 26.4 Å². The van der Waals surface area contributed by atoms with E-state index in [4.69, 9.17) is 0 Å². The molecule has 156 valence electrons. The smallest absolute Gasteiger partial charge is 0.322 e. The first-order chi connectivity index (χ1) is 14.1. The highest BCUT2D eigenvalue weighted by Gasteiger charge is 2.30. The zero-order chi connectivity index (χ0) is 21.9. The molecular formula is C21H17F3N2O3S. The van der Waals surface area contributed by atoms with Gasteiger partial charge in [0.05, 0.1) is 16.1 Å². The lowest BCUT2D eigenvalue weighted by atomic mass is 10.1. The Morgan fingerprint density at radius 2 is 1.57 bits per heavy atom. The van der Waals surface area contributed by atoms with Gasteiger partial charge in [0.1, 0.15) is 0 Å². The monoisotopic (exact) mass is 434 g/mol. The van der Waals surface area contributed by atoms with Gasteiger partial charge in [0.25, 0.3) is 15.9 Å². The maximum absolute atomic E-state index is 12.9. The van der Waals surface area contributed by atoms with Crippen LogP contribution in [0.3, 0.4) is 0 Å². The number of nitrogens with zero attached hydrogens (tertiary/aromatic N) is 1. The first-order valence-corrected chi connectivity index (χ1v) is 10.2. The molecular weight excluding hydrogens is 417 g/mol. The Balaban J connectivity index is 1.86. The zero-order valence-corrected chi connectivity index (χ0v) is 16.5. The first kappa shape index (κ1) is 21.4. The third kappa shape index (κ3) is 4.62. The molecule has 0 aliphatic heterocycles. The highest BCUT2D eigenvalue weighted by atomic mass is 32.2. The molecule has 3 rings (SSSR count). The molecule has 30 heavy (non-hydrogen) atoms. The number of carbonyl (C=O) groups excluding carboxylic acids is 1. The van der Waals surface area contributed by atoms with Gasteiger partial charge in [-0.15, -0.1) is 0 Å². The minimum absolute atomic E-state index is 0.00468. The molecule has 0 aromatic heterocycles. The van der Waals surface area contributed by atoms with Crippen LogP contribution in [0.4, 0.5) is 24.5 Å². The molecule has 9 heteroatoms. The summed E-state index contributed by atoms with van der Waals surface area (Å²) < 4.78 is 65.4. The number of halogens is 3. The molecule has 0 fully saturated rings. The molecule has 0 atom stereocenters. The van der Waals surface area contributed by atoms with Crippen LogP contribution in [0.2, 0.25) is 0 Å². The minimum Gasteiger partial charge on any atom is -0.322 e. The topological polar surface area (TPSA) is 66.5 Å². The third-order valence-corrected chi connectivity index (χ3v) is 6.10. The van der Waals surface area contributed by atoms with E-state index >= 15 is 0 Å². The van der Waals surface area contributed by atoms with Crippen LogP contribution in [0.5, 0.6) is 0 Å². The summed E-state index contributed by atoms with van der Waals surface area (Å²) in [6.07, 6.45) is -4.54. The van der Waals surface area contributed by atoms with Crippen LogP contribution in [0.15, 0.2) is 83.8 Å². The van der Waals surface area contributed by atoms with Crippen LogP contribution in [-0.2, 0) is 16.2 Å². The lowest BCUT2D eigenvalue weighted by molar-refractivity contribution is -0.137. The summed E-state index contributed by atoms with van der Waals surface area (Å²) in [5.41, 5.74) is -0.517. The largest absolute Gasteiger partial charge is 0.416 e. The maximum Gasteiger partial charge on any atom is 0.416 e. The molecule has 0 saturated carbocycles. The van der Waals surface area contributed by atoms with E-state index in [1.807, 2.05) is 0 Å². The van der Waals surface area contributed by atoms with E-state index in [9.17, 15) is 26.4 Å². The number of amides is 1. The van der Waals surface area contributed by atoms with Gasteiger partial charge in [-0.25, -0.2) is 8.42 Å². The van der Waals surface area contributed by atoms with Crippen molar-refractivity contribution in [3.63, 3.8) is 0 Å². The van der Waals surface area contributed by atoms with E-state index in [-0.39, 0.29) is 16.1 Å². The SMILES string of the molecule is CN(c1ccccc1)S(=O)(=O)c1cccc(C(=O)Nc2cccc(C(F)(F)F)c2)c1. The molecule has 0 saturated heterocycles. The second-order valence-electron chi connectivity index (χ2n) is 6.37. The summed E-state index contributed by atoms with van der Waals surface area (Å²) in [5.74, 6) is -0.728. The number of rotatable bonds is 5. The predicted molar refractivity (Wildman–Crippen MR) is 108 cm³/mol. The Bertz CT molecular complexity index is 1160. The Labute approximate surface area is 171 Å². The van der Waals surface area contributed by atoms with E-state index in [1.165, 1.54) is 43.4 Å². The molecule has 0 heterocycles. The van der Waals surface area contributed by atoms with Crippen molar-refractivity contribution in [2.75, 3.05) is 16.7 Å². The second kappa shape index (κ2) is 8.19. The fraction of sp³-hybridized carbons (Fsp3) is 0.0952. The van der Waals surface area contributed by atoms with E-state index in [0.29, 0.717) is 5.69 Å². The molecule has 5 nitrogen and oxygen atoms in total. The van der Waals surface area contributed by atoms with Gasteiger partial charge in [-0.2, -0.15) is 13.2 Å². The molecule has 3 aromatic rings. The van der Waals surface area contributed by atoms with Crippen LogP contribution < -0.4 is 9.62 Å². The fourth-order valence-electron chi connectivity index (χ4n) is 2.71. The highest BCUT2D eigenvalue weighted by molar-refractivity contribution is 7.92. The summed E-state index contributed by atoms with van der Waals surface area (Å²) in [6, 6.07) is 17.9. The molecule has 0 aliphatic carbocycles. The zero-order valence-electron chi connectivity index (χ0n) is 15.7. The van der Waals surface area contributed by atoms with Crippen LogP contribution in [-0.4, -0.2) is 21.4 Å². The first-order valence-electron chi connectivity index (χ1n) is 8.72. The fourth-order valence-corrected chi connectivity index (χ4v) is 3.95. The van der Waals surface area contributed by atoms with Crippen molar-refractivity contribution in [2.24, 2.45) is 0 Å². The average molecular weight is 434 g/mol. The molecule has 1 amide bonds. The van der Waals surface area contributed by atoms with Gasteiger partial charge in [0.2, 0.25) is 0 Å². The van der Waals surface area contributed by atoms with E-state index < -0.39 is 27.7 Å². The van der Waals surface area contributed by atoms with Crippen LogP contribution in [0.1, 0.15) is 15.9 Å². The Kier molecular flexibility index (Phi) is 5.84. The van der Waals surface area contributed by atoms with Crippen molar-refractivity contribution in [1.29, 1.82) is 0 Å². The lowest BCUT2D eigenvalue weighted by Crippen LogP contribution is -2.26. The number of sulfonamides is 1. The molecule has 0 radical (unpaired) electrons. The standard InChI is InChI=1S/C21H17F3N2O3S/c1-26(18-10-3-2-4-11-18)30(28,29)19-12-5-7-15(13-19)20(27)25-17-9-6-8-16(14-17)21(22,23)24/h2-14H,1H3,(H,25,27). The normalized spacial score (nSPS) is 11.7. The molecule has 0 bridgehead atoms. The lowest BCUT2D eigenvalue weighted by Gasteiger charge is -2.19. The number of alkyl halides is 3. The van der Waals surface area contributed by atoms with Gasteiger partial charge in [-0.3, -0.25) is 9.10 Å². The molecule has 0 aliphatic rings. The summed E-state index contributed by atoms with van der Waals surface area (Å²) in [4.78, 5) is 12.4. The molecule has 1 N–H and O–H groups in total. The second-order valence-corrected chi connectivity index (χ2v) is 8.34. The Morgan fingerprint density at radius 3 is 2.23 bits per heavy atom. The van der Waals surface area contributed by atoms with E-state index in [2.05, 4.69) is 5.32 Å². The van der Waals surface area contributed by atoms with Gasteiger partial charge in [-0.05, 0) is 48.5 Å². The van der Waals surface area contributed by atoms with Crippen molar-refractivity contribution in [3.8, 4) is 0 Å². The number of nitrogens with one attached hydrogen (secondary N) is 1. The Morgan fingerprint density at radius 1 is 0.900 bits per heavy atom. The van der Waals surface area contributed by atoms with Crippen molar-refractivity contribution in [1.82, 2.24) is 0 Å². The van der Waals surface area contributed by atoms with E-state index in [1.54, 1.807) is 30.3 Å². The number of anilines is 2. The van der Waals surface area contributed by atoms with Gasteiger partial charge in [0, 0.05) is 18.3 Å². The number of hydrogen-bond acceptors (Lipinski definition) is 3. The van der Waals surface area contributed by atoms with E-state index in [0.717, 1.165) is 16.4 Å². The van der Waals surface area contributed by atoms with Crippen LogP contribution >= 0.6 is 0 Å². The quantitative estimate of drug-likeness (QED) is 0.628. The average Bonchev–Trinajstić information content (AvgIpc) is 2.73. The van der Waals surface area contributed by atoms with Gasteiger partial charge in [0.15, 0.2) is 0 Å². The minimum atomic E-state index is -4.54. The summed E-state index contributed by atoms with van der Waals surface area (Å²) in [5, 5.41) is 2.36. The molecule has 3 aromatic carbocycles. The van der Waals surface area contributed by atoms with Crippen LogP contribution in [0, 0.1) is 0 Å². The van der Waals surface area contributed by atoms with Crippen molar-refractivity contribution in [2.45, 2.75) is 11.1 Å². The van der Waals surface area contributed by atoms with Crippen molar-refractivity contribution in [3.05, 3.63) is 90.0 Å². The predicted octanol–water partition coefficient (Wildman–Crippen LogP) is 4.78. The molecule has 0 spiro atoms. The summed E-state index contributed by atoms with van der Waals surface area (Å²) in [6.45, 7) is 0. The van der Waals surface area contributed by atoms with Gasteiger partial charge >= 0.3 is 6.18 Å². The maximum atomic E-state index is 12.9. The number of carbonyl (C=O) groups is 1.